The predicted octanol–water partition coefficient (Wildman–Crippen LogP) is 1.94. The van der Waals surface area contributed by atoms with Crippen molar-refractivity contribution >= 4 is 0 Å². The molecule has 3 rings (SSSR count). The fourth-order valence-electron chi connectivity index (χ4n) is 4.25. The van der Waals surface area contributed by atoms with Crippen molar-refractivity contribution in [2.24, 2.45) is 5.92 Å². The van der Waals surface area contributed by atoms with Gasteiger partial charge in [-0.1, -0.05) is 12.5 Å². The Kier molecular flexibility index (Phi) is 2.21. The molecule has 1 saturated heterocycles. The first kappa shape index (κ1) is 9.89. The molecule has 0 spiro atoms. The van der Waals surface area contributed by atoms with Crippen LogP contribution in [0.15, 0.2) is 11.1 Å². The molecule has 1 nitrogen and oxygen atoms in total. The lowest BCUT2D eigenvalue weighted by Crippen LogP contribution is -3.22. The van der Waals surface area contributed by atoms with Crippen LogP contribution in [0.3, 0.4) is 0 Å². The maximum atomic E-state index is 2.55. The second kappa shape index (κ2) is 3.35. The first-order valence-electron chi connectivity index (χ1n) is 6.77. The van der Waals surface area contributed by atoms with Crippen LogP contribution in [-0.4, -0.2) is 18.6 Å². The zero-order chi connectivity index (χ0) is 10.5. The fourth-order valence-corrected chi connectivity index (χ4v) is 4.25. The van der Waals surface area contributed by atoms with Gasteiger partial charge in [0.2, 0.25) is 0 Å². The largest absolute Gasteiger partial charge is 0.326 e. The van der Waals surface area contributed by atoms with Gasteiger partial charge in [0.15, 0.2) is 0 Å². The predicted molar refractivity (Wildman–Crippen MR) is 63.0 cm³/mol. The van der Waals surface area contributed by atoms with Crippen LogP contribution in [0.5, 0.6) is 0 Å². The molecule has 0 aromatic heterocycles. The van der Waals surface area contributed by atoms with Gasteiger partial charge in [-0.05, 0) is 38.2 Å². The van der Waals surface area contributed by atoms with Gasteiger partial charge < -0.3 is 4.90 Å². The third kappa shape index (κ3) is 1.39. The van der Waals surface area contributed by atoms with E-state index in [0.717, 1.165) is 5.92 Å². The van der Waals surface area contributed by atoms with Gasteiger partial charge in [-0.2, -0.15) is 0 Å². The molecule has 0 bridgehead atoms. The molecule has 1 fully saturated rings. The molecule has 84 valence electrons. The Bertz CT molecular complexity index is 304. The molecule has 1 heteroatoms. The van der Waals surface area contributed by atoms with Crippen molar-refractivity contribution in [3.05, 3.63) is 11.1 Å². The second-order valence-corrected chi connectivity index (χ2v) is 6.22. The maximum Gasteiger partial charge on any atom is 0.117 e. The van der Waals surface area contributed by atoms with Gasteiger partial charge in [-0.3, -0.25) is 0 Å². The summed E-state index contributed by atoms with van der Waals surface area (Å²) in [5.41, 5.74) is 4.29. The zero-order valence-corrected chi connectivity index (χ0v) is 10.2. The summed E-state index contributed by atoms with van der Waals surface area (Å²) in [5.74, 6) is 0.955. The first-order chi connectivity index (χ1) is 7.20. The summed E-state index contributed by atoms with van der Waals surface area (Å²) in [6.07, 6.45) is 8.60. The van der Waals surface area contributed by atoms with E-state index < -0.39 is 0 Å². The van der Waals surface area contributed by atoms with Crippen LogP contribution in [0.2, 0.25) is 0 Å². The highest BCUT2D eigenvalue weighted by Crippen LogP contribution is 2.39. The Morgan fingerprint density at radius 3 is 3.00 bits per heavy atom. The molecule has 0 aromatic rings. The lowest BCUT2D eigenvalue weighted by atomic mass is 9.75. The summed E-state index contributed by atoms with van der Waals surface area (Å²) in [6, 6.07) is 0. The molecule has 2 aliphatic heterocycles. The van der Waals surface area contributed by atoms with E-state index in [4.69, 9.17) is 0 Å². The molecular formula is C14H24N+. The number of quaternary nitrogens is 1. The average Bonchev–Trinajstić information content (AvgIpc) is 2.68. The second-order valence-electron chi connectivity index (χ2n) is 6.22. The minimum atomic E-state index is 0.552. The molecule has 0 aromatic carbocycles. The van der Waals surface area contributed by atoms with Crippen molar-refractivity contribution in [1.82, 2.24) is 0 Å². The summed E-state index contributed by atoms with van der Waals surface area (Å²) >= 11 is 0. The van der Waals surface area contributed by atoms with Crippen LogP contribution in [-0.2, 0) is 0 Å². The van der Waals surface area contributed by atoms with Gasteiger partial charge in [0.25, 0.3) is 0 Å². The monoisotopic (exact) mass is 206 g/mol. The lowest BCUT2D eigenvalue weighted by Gasteiger charge is -2.48. The minimum Gasteiger partial charge on any atom is -0.326 e. The molecule has 0 amide bonds. The van der Waals surface area contributed by atoms with Gasteiger partial charge in [0.05, 0.1) is 13.1 Å². The Morgan fingerprint density at radius 1 is 1.27 bits per heavy atom. The summed E-state index contributed by atoms with van der Waals surface area (Å²) in [4.78, 5) is 1.90. The van der Waals surface area contributed by atoms with Crippen LogP contribution in [0, 0.1) is 5.92 Å². The van der Waals surface area contributed by atoms with Crippen molar-refractivity contribution in [3.8, 4) is 0 Å². The van der Waals surface area contributed by atoms with E-state index in [1.54, 1.807) is 0 Å². The van der Waals surface area contributed by atoms with Crippen LogP contribution >= 0.6 is 0 Å². The van der Waals surface area contributed by atoms with Crippen molar-refractivity contribution in [3.63, 3.8) is 0 Å². The van der Waals surface area contributed by atoms with E-state index in [-0.39, 0.29) is 0 Å². The minimum absolute atomic E-state index is 0.552. The highest BCUT2D eigenvalue weighted by molar-refractivity contribution is 5.29. The van der Waals surface area contributed by atoms with Gasteiger partial charge in [-0.25, -0.2) is 0 Å². The van der Waals surface area contributed by atoms with Gasteiger partial charge in [0.1, 0.15) is 5.54 Å². The summed E-state index contributed by atoms with van der Waals surface area (Å²) in [7, 11) is 0. The van der Waals surface area contributed by atoms with Crippen molar-refractivity contribution in [1.29, 1.82) is 0 Å². The van der Waals surface area contributed by atoms with Crippen LogP contribution in [0.25, 0.3) is 0 Å². The van der Waals surface area contributed by atoms with E-state index in [1.807, 2.05) is 16.0 Å². The number of nitrogens with one attached hydrogen (secondary N) is 1. The Labute approximate surface area is 93.5 Å². The zero-order valence-electron chi connectivity index (χ0n) is 10.2. The number of rotatable bonds is 0. The highest BCUT2D eigenvalue weighted by atomic mass is 15.2. The third-order valence-corrected chi connectivity index (χ3v) is 5.24. The molecule has 3 atom stereocenters. The first-order valence-corrected chi connectivity index (χ1v) is 6.77. The molecule has 1 N–H and O–H groups in total. The van der Waals surface area contributed by atoms with Gasteiger partial charge in [-0.15, -0.1) is 0 Å². The molecule has 15 heavy (non-hydrogen) atoms. The van der Waals surface area contributed by atoms with Crippen molar-refractivity contribution in [2.45, 2.75) is 57.9 Å². The van der Waals surface area contributed by atoms with E-state index in [9.17, 15) is 0 Å². The molecule has 0 saturated carbocycles. The van der Waals surface area contributed by atoms with Crippen molar-refractivity contribution < 1.29 is 4.90 Å². The lowest BCUT2D eigenvalue weighted by molar-refractivity contribution is -0.955. The number of piperidine rings is 1. The Balaban J connectivity index is 1.94. The number of fused-ring (bicyclic) bond motifs is 2. The van der Waals surface area contributed by atoms with E-state index in [2.05, 4.69) is 13.8 Å². The third-order valence-electron chi connectivity index (χ3n) is 5.24. The molecule has 1 unspecified atom stereocenters. The van der Waals surface area contributed by atoms with Crippen LogP contribution in [0.4, 0.5) is 0 Å². The molecule has 0 radical (unpaired) electrons. The van der Waals surface area contributed by atoms with Crippen LogP contribution < -0.4 is 4.90 Å². The smallest absolute Gasteiger partial charge is 0.117 e. The quantitative estimate of drug-likeness (QED) is 0.578. The SMILES string of the molecule is C[C@@H]1CC[C@]2(C)C3=C(CCC3)CC[NH+]2C1. The standard InChI is InChI=1S/C14H23N/c1-11-6-8-14(2)13-5-3-4-12(13)7-9-15(14)10-11/h11H,3-10H2,1-2H3/p+1/t11-,14-/m1/s1. The van der Waals surface area contributed by atoms with E-state index >= 15 is 0 Å². The molecule has 2 heterocycles. The summed E-state index contributed by atoms with van der Waals surface area (Å²) in [5, 5.41) is 0. The van der Waals surface area contributed by atoms with Crippen LogP contribution in [0.1, 0.15) is 52.4 Å². The summed E-state index contributed by atoms with van der Waals surface area (Å²) < 4.78 is 0. The summed E-state index contributed by atoms with van der Waals surface area (Å²) in [6.45, 7) is 7.83. The van der Waals surface area contributed by atoms with Gasteiger partial charge in [0, 0.05) is 18.8 Å². The Hall–Kier alpha value is -0.300. The fraction of sp³-hybridized carbons (Fsp3) is 0.857. The highest BCUT2D eigenvalue weighted by Gasteiger charge is 2.47. The van der Waals surface area contributed by atoms with Gasteiger partial charge >= 0.3 is 0 Å². The molecular weight excluding hydrogens is 182 g/mol. The maximum absolute atomic E-state index is 2.55. The molecule has 1 aliphatic carbocycles. The van der Waals surface area contributed by atoms with Crippen molar-refractivity contribution in [2.75, 3.05) is 13.1 Å². The molecule has 3 aliphatic rings. The number of hydrogen-bond donors (Lipinski definition) is 1. The van der Waals surface area contributed by atoms with E-state index in [1.165, 1.54) is 51.6 Å². The normalized spacial score (nSPS) is 45.2. The Morgan fingerprint density at radius 2 is 2.13 bits per heavy atom. The number of hydrogen-bond acceptors (Lipinski definition) is 0. The average molecular weight is 206 g/mol. The van der Waals surface area contributed by atoms with E-state index in [0.29, 0.717) is 5.54 Å². The topological polar surface area (TPSA) is 4.44 Å².